The van der Waals surface area contributed by atoms with Crippen molar-refractivity contribution in [3.05, 3.63) is 29.3 Å². The van der Waals surface area contributed by atoms with Crippen LogP contribution in [-0.2, 0) is 0 Å². The van der Waals surface area contributed by atoms with Crippen molar-refractivity contribution in [3.8, 4) is 0 Å². The Balaban J connectivity index is 2.50. The molecule has 0 fully saturated rings. The first kappa shape index (κ1) is 8.53. The van der Waals surface area contributed by atoms with Crippen LogP contribution in [0.25, 0.3) is 0 Å². The van der Waals surface area contributed by atoms with Crippen molar-refractivity contribution in [1.29, 1.82) is 0 Å². The van der Waals surface area contributed by atoms with Crippen LogP contribution in [0, 0.1) is 6.92 Å². The van der Waals surface area contributed by atoms with E-state index >= 15 is 0 Å². The second-order valence-electron chi connectivity index (χ2n) is 2.19. The van der Waals surface area contributed by atoms with Gasteiger partial charge in [0.2, 0.25) is 0 Å². The fourth-order valence-electron chi connectivity index (χ4n) is 0.798. The third kappa shape index (κ3) is 2.23. The molecule has 2 heteroatoms. The Morgan fingerprint density at radius 3 is 3.00 bits per heavy atom. The van der Waals surface area contributed by atoms with Gasteiger partial charge in [0.15, 0.2) is 0 Å². The number of alkyl halides is 1. The number of halogens is 1. The topological polar surface area (TPSA) is 0 Å². The summed E-state index contributed by atoms with van der Waals surface area (Å²) in [5, 5.41) is 2.11. The van der Waals surface area contributed by atoms with Crippen molar-refractivity contribution < 1.29 is 0 Å². The zero-order chi connectivity index (χ0) is 7.40. The normalized spacial score (nSPS) is 13.4. The van der Waals surface area contributed by atoms with E-state index in [9.17, 15) is 0 Å². The fraction of sp³-hybridized carbons (Fsp3) is 0.375. The molecule has 1 aromatic rings. The first-order valence-corrected chi connectivity index (χ1v) is 5.67. The summed E-state index contributed by atoms with van der Waals surface area (Å²) in [6.07, 6.45) is 1.20. The summed E-state index contributed by atoms with van der Waals surface area (Å²) in [7, 11) is 0. The smallest absolute Gasteiger partial charge is 0.00764 e. The van der Waals surface area contributed by atoms with Crippen LogP contribution >= 0.6 is 33.9 Å². The maximum absolute atomic E-state index is 4.08. The molecule has 0 saturated heterocycles. The highest BCUT2D eigenvalue weighted by Crippen LogP contribution is 2.23. The van der Waals surface area contributed by atoms with E-state index in [-0.39, 0.29) is 0 Å². The van der Waals surface area contributed by atoms with Gasteiger partial charge in [0.1, 0.15) is 0 Å². The predicted octanol–water partition coefficient (Wildman–Crippen LogP) is 3.49. The molecule has 0 spiro atoms. The molecule has 0 nitrogen and oxygen atoms in total. The summed E-state index contributed by atoms with van der Waals surface area (Å²) in [6.45, 7) is 4.08. The Hall–Kier alpha value is 0.430. The SMILES string of the molecule is [CH2]C(CCI)c1cccs1. The minimum absolute atomic E-state index is 0.511. The van der Waals surface area contributed by atoms with Crippen LogP contribution in [0.5, 0.6) is 0 Å². The van der Waals surface area contributed by atoms with E-state index in [1.807, 2.05) is 0 Å². The molecule has 1 aromatic heterocycles. The van der Waals surface area contributed by atoms with Crippen LogP contribution in [0.3, 0.4) is 0 Å². The van der Waals surface area contributed by atoms with E-state index in [0.29, 0.717) is 5.92 Å². The molecule has 0 aliphatic heterocycles. The predicted molar refractivity (Wildman–Crippen MR) is 55.9 cm³/mol. The minimum Gasteiger partial charge on any atom is -0.149 e. The lowest BCUT2D eigenvalue weighted by molar-refractivity contribution is 0.836. The van der Waals surface area contributed by atoms with E-state index < -0.39 is 0 Å². The third-order valence-corrected chi connectivity index (χ3v) is 3.06. The van der Waals surface area contributed by atoms with Crippen LogP contribution in [0.4, 0.5) is 0 Å². The van der Waals surface area contributed by atoms with Crippen LogP contribution in [-0.4, -0.2) is 4.43 Å². The number of thiophene rings is 1. The van der Waals surface area contributed by atoms with Gasteiger partial charge >= 0.3 is 0 Å². The summed E-state index contributed by atoms with van der Waals surface area (Å²) in [4.78, 5) is 1.41. The number of hydrogen-bond donors (Lipinski definition) is 0. The number of hydrogen-bond acceptors (Lipinski definition) is 1. The van der Waals surface area contributed by atoms with Crippen LogP contribution in [0.15, 0.2) is 17.5 Å². The summed E-state index contributed by atoms with van der Waals surface area (Å²) in [6, 6.07) is 4.25. The largest absolute Gasteiger partial charge is 0.149 e. The molecule has 0 aliphatic rings. The van der Waals surface area contributed by atoms with Gasteiger partial charge < -0.3 is 0 Å². The molecule has 0 aliphatic carbocycles. The van der Waals surface area contributed by atoms with Crippen molar-refractivity contribution in [2.75, 3.05) is 4.43 Å². The molecule has 0 N–H and O–H groups in total. The lowest BCUT2D eigenvalue weighted by Crippen LogP contribution is -1.89. The molecule has 0 bridgehead atoms. The maximum Gasteiger partial charge on any atom is 0.00764 e. The highest BCUT2D eigenvalue weighted by atomic mass is 127. The van der Waals surface area contributed by atoms with Gasteiger partial charge in [-0.25, -0.2) is 0 Å². The van der Waals surface area contributed by atoms with E-state index in [1.54, 1.807) is 11.3 Å². The molecule has 10 heavy (non-hydrogen) atoms. The first-order valence-electron chi connectivity index (χ1n) is 3.27. The average molecular weight is 265 g/mol. The summed E-state index contributed by atoms with van der Waals surface area (Å²) < 4.78 is 1.20. The van der Waals surface area contributed by atoms with Gasteiger partial charge in [-0.3, -0.25) is 0 Å². The summed E-state index contributed by atoms with van der Waals surface area (Å²) in [5.74, 6) is 0.511. The van der Waals surface area contributed by atoms with E-state index in [2.05, 4.69) is 47.0 Å². The molecule has 55 valence electrons. The quantitative estimate of drug-likeness (QED) is 0.579. The monoisotopic (exact) mass is 265 g/mol. The second kappa shape index (κ2) is 4.34. The Morgan fingerprint density at radius 1 is 1.70 bits per heavy atom. The Labute approximate surface area is 79.8 Å². The molecular formula is C8H10IS. The van der Waals surface area contributed by atoms with Crippen molar-refractivity contribution in [3.63, 3.8) is 0 Å². The van der Waals surface area contributed by atoms with Crippen molar-refractivity contribution >= 4 is 33.9 Å². The second-order valence-corrected chi connectivity index (χ2v) is 4.25. The van der Waals surface area contributed by atoms with Crippen LogP contribution in [0.2, 0.25) is 0 Å². The third-order valence-electron chi connectivity index (χ3n) is 1.40. The fourth-order valence-corrected chi connectivity index (χ4v) is 2.33. The molecule has 1 radical (unpaired) electrons. The van der Waals surface area contributed by atoms with Gasteiger partial charge in [0, 0.05) is 9.30 Å². The van der Waals surface area contributed by atoms with Crippen LogP contribution in [0.1, 0.15) is 17.2 Å². The Kier molecular flexibility index (Phi) is 3.70. The molecule has 1 heterocycles. The summed E-state index contributed by atoms with van der Waals surface area (Å²) in [5.41, 5.74) is 0. The van der Waals surface area contributed by atoms with Gasteiger partial charge in [-0.05, 0) is 30.7 Å². The van der Waals surface area contributed by atoms with Crippen molar-refractivity contribution in [1.82, 2.24) is 0 Å². The van der Waals surface area contributed by atoms with E-state index in [4.69, 9.17) is 0 Å². The van der Waals surface area contributed by atoms with Gasteiger partial charge in [-0.1, -0.05) is 28.7 Å². The highest BCUT2D eigenvalue weighted by Gasteiger charge is 2.03. The van der Waals surface area contributed by atoms with E-state index in [1.165, 1.54) is 15.7 Å². The summed E-state index contributed by atoms with van der Waals surface area (Å²) >= 11 is 4.20. The zero-order valence-electron chi connectivity index (χ0n) is 5.72. The average Bonchev–Trinajstić information content (AvgIpc) is 2.38. The lowest BCUT2D eigenvalue weighted by atomic mass is 10.1. The maximum atomic E-state index is 4.08. The molecule has 0 aromatic carbocycles. The molecule has 0 saturated carbocycles. The minimum atomic E-state index is 0.511. The Morgan fingerprint density at radius 2 is 2.50 bits per heavy atom. The van der Waals surface area contributed by atoms with Gasteiger partial charge in [0.05, 0.1) is 0 Å². The van der Waals surface area contributed by atoms with E-state index in [0.717, 1.165) is 0 Å². The van der Waals surface area contributed by atoms with Crippen LogP contribution < -0.4 is 0 Å². The Bertz CT molecular complexity index is 169. The molecular weight excluding hydrogens is 255 g/mol. The zero-order valence-corrected chi connectivity index (χ0v) is 8.69. The lowest BCUT2D eigenvalue weighted by Gasteiger charge is -2.04. The number of rotatable bonds is 3. The first-order chi connectivity index (χ1) is 4.84. The molecule has 1 rings (SSSR count). The molecule has 1 unspecified atom stereocenters. The van der Waals surface area contributed by atoms with Crippen molar-refractivity contribution in [2.45, 2.75) is 12.3 Å². The van der Waals surface area contributed by atoms with Gasteiger partial charge in [-0.2, -0.15) is 0 Å². The van der Waals surface area contributed by atoms with Crippen molar-refractivity contribution in [2.24, 2.45) is 0 Å². The van der Waals surface area contributed by atoms with Gasteiger partial charge in [-0.15, -0.1) is 11.3 Å². The highest BCUT2D eigenvalue weighted by molar-refractivity contribution is 14.1. The molecule has 0 amide bonds. The van der Waals surface area contributed by atoms with Gasteiger partial charge in [0.25, 0.3) is 0 Å². The molecule has 1 atom stereocenters. The standard InChI is InChI=1S/C8H10IS/c1-7(4-5-9)8-3-2-6-10-8/h2-3,6-7H,1,4-5H2.